The highest BCUT2D eigenvalue weighted by molar-refractivity contribution is 9.12. The summed E-state index contributed by atoms with van der Waals surface area (Å²) in [6.07, 6.45) is 0.870. The number of pyridine rings is 1. The first kappa shape index (κ1) is 27.9. The van der Waals surface area contributed by atoms with Gasteiger partial charge < -0.3 is 4.74 Å². The van der Waals surface area contributed by atoms with E-state index in [1.165, 1.54) is 16.2 Å². The van der Waals surface area contributed by atoms with E-state index in [-0.39, 0.29) is 63.1 Å². The maximum atomic E-state index is 13.5. The van der Waals surface area contributed by atoms with Gasteiger partial charge in [-0.3, -0.25) is 19.3 Å². The summed E-state index contributed by atoms with van der Waals surface area (Å²) in [6, 6.07) is 17.1. The summed E-state index contributed by atoms with van der Waals surface area (Å²) in [7, 11) is 0. The van der Waals surface area contributed by atoms with Crippen LogP contribution >= 0.6 is 54.8 Å². The topological polar surface area (TPSA) is 93.6 Å². The molecule has 2 aliphatic carbocycles. The van der Waals surface area contributed by atoms with Crippen LogP contribution in [0.5, 0.6) is 0 Å². The van der Waals surface area contributed by atoms with Gasteiger partial charge in [-0.1, -0.05) is 73.8 Å². The van der Waals surface area contributed by atoms with Gasteiger partial charge in [0.05, 0.1) is 44.2 Å². The number of benzene rings is 2. The van der Waals surface area contributed by atoms with Crippen molar-refractivity contribution in [3.63, 3.8) is 0 Å². The Morgan fingerprint density at radius 3 is 2.31 bits per heavy atom. The van der Waals surface area contributed by atoms with Crippen molar-refractivity contribution < 1.29 is 23.9 Å². The Bertz CT molecular complexity index is 1750. The minimum absolute atomic E-state index is 0.135. The summed E-state index contributed by atoms with van der Waals surface area (Å²) in [5.74, 6) is -1.58. The van der Waals surface area contributed by atoms with Crippen LogP contribution in [-0.4, -0.2) is 44.8 Å². The normalized spacial score (nSPS) is 26.2. The number of amides is 2. The van der Waals surface area contributed by atoms with Crippen LogP contribution in [0.3, 0.4) is 0 Å². The van der Waals surface area contributed by atoms with Gasteiger partial charge in [0.2, 0.25) is 17.6 Å². The van der Waals surface area contributed by atoms with Crippen LogP contribution < -0.4 is 4.90 Å². The first-order chi connectivity index (χ1) is 20.2. The number of anilines is 1. The molecule has 3 fully saturated rings. The lowest BCUT2D eigenvalue weighted by molar-refractivity contribution is -0.123. The van der Waals surface area contributed by atoms with Gasteiger partial charge in [-0.05, 0) is 54.0 Å². The van der Waals surface area contributed by atoms with Crippen LogP contribution in [-0.2, 0) is 14.3 Å². The number of ketones is 1. The number of carbonyl (C=O) groups is 4. The summed E-state index contributed by atoms with van der Waals surface area (Å²) >= 11 is 15.2. The molecule has 0 radical (unpaired) electrons. The molecule has 3 heterocycles. The number of Topliss-reactive ketones (excluding diaryl/α,β-unsaturated/α-hetero) is 1. The average molecular weight is 729 g/mol. The lowest BCUT2D eigenvalue weighted by Crippen LogP contribution is -2.37. The lowest BCUT2D eigenvalue weighted by Gasteiger charge is -2.28. The fraction of sp³-hybridized carbons (Fsp3) is 0.258. The molecule has 2 aromatic heterocycles. The number of hydrogen-bond acceptors (Lipinski definition) is 7. The predicted molar refractivity (Wildman–Crippen MR) is 168 cm³/mol. The number of imide groups is 1. The first-order valence-electron chi connectivity index (χ1n) is 13.3. The summed E-state index contributed by atoms with van der Waals surface area (Å²) in [5.41, 5.74) is 2.26. The van der Waals surface area contributed by atoms with E-state index in [0.29, 0.717) is 37.7 Å². The molecule has 7 nitrogen and oxygen atoms in total. The molecule has 7 rings (SSSR count). The van der Waals surface area contributed by atoms with Gasteiger partial charge >= 0.3 is 5.97 Å². The Labute approximate surface area is 266 Å². The monoisotopic (exact) mass is 726 g/mol. The largest absolute Gasteiger partial charge is 0.454 e. The third-order valence-corrected chi connectivity index (χ3v) is 13.0. The van der Waals surface area contributed by atoms with E-state index < -0.39 is 5.97 Å². The number of aromatic nitrogens is 1. The fourth-order valence-corrected chi connectivity index (χ4v) is 9.37. The molecule has 3 aliphatic rings. The number of para-hydroxylation sites is 1. The van der Waals surface area contributed by atoms with E-state index in [1.807, 2.05) is 0 Å². The van der Waals surface area contributed by atoms with Crippen molar-refractivity contribution in [1.29, 1.82) is 0 Å². The lowest BCUT2D eigenvalue weighted by atomic mass is 9.81. The average Bonchev–Trinajstić information content (AvgIpc) is 3.77. The van der Waals surface area contributed by atoms with Crippen molar-refractivity contribution in [2.45, 2.75) is 16.1 Å². The molecule has 2 aromatic carbocycles. The van der Waals surface area contributed by atoms with Crippen molar-refractivity contribution in [2.24, 2.45) is 23.7 Å². The Morgan fingerprint density at radius 2 is 1.67 bits per heavy atom. The summed E-state index contributed by atoms with van der Waals surface area (Å²) < 4.78 is 5.40. The molecule has 4 aromatic rings. The molecule has 1 saturated heterocycles. The highest BCUT2D eigenvalue weighted by Crippen LogP contribution is 2.60. The van der Waals surface area contributed by atoms with E-state index in [0.717, 1.165) is 6.42 Å². The summed E-state index contributed by atoms with van der Waals surface area (Å²) in [6.45, 7) is -0.388. The second-order valence-electron chi connectivity index (χ2n) is 10.7. The van der Waals surface area contributed by atoms with E-state index in [9.17, 15) is 19.2 Å². The van der Waals surface area contributed by atoms with Crippen molar-refractivity contribution in [1.82, 2.24) is 4.98 Å². The van der Waals surface area contributed by atoms with Gasteiger partial charge in [-0.25, -0.2) is 9.78 Å². The zero-order valence-corrected chi connectivity index (χ0v) is 26.5. The van der Waals surface area contributed by atoms with Gasteiger partial charge in [0.1, 0.15) is 0 Å². The Balaban J connectivity index is 1.18. The molecule has 2 amide bonds. The van der Waals surface area contributed by atoms with Gasteiger partial charge in [0.25, 0.3) is 0 Å². The van der Waals surface area contributed by atoms with Crippen LogP contribution in [0.2, 0.25) is 5.02 Å². The second-order valence-corrected chi connectivity index (χ2v) is 14.2. The minimum atomic E-state index is -0.669. The van der Waals surface area contributed by atoms with Gasteiger partial charge in [-0.2, -0.15) is 0 Å². The second kappa shape index (κ2) is 10.7. The van der Waals surface area contributed by atoms with E-state index in [1.54, 1.807) is 66.0 Å². The van der Waals surface area contributed by atoms with Gasteiger partial charge in [0.15, 0.2) is 6.61 Å². The number of thiophene rings is 1. The molecule has 11 heteroatoms. The van der Waals surface area contributed by atoms with E-state index in [2.05, 4.69) is 31.9 Å². The molecular formula is C31H21Br2ClN2O5S. The van der Waals surface area contributed by atoms with Crippen LogP contribution in [0.25, 0.3) is 22.2 Å². The highest BCUT2D eigenvalue weighted by Gasteiger charge is 2.66. The third kappa shape index (κ3) is 4.37. The molecule has 2 bridgehead atoms. The molecule has 0 spiro atoms. The number of ether oxygens (including phenoxy) is 1. The number of nitrogens with zero attached hydrogens (tertiary/aromatic N) is 2. The van der Waals surface area contributed by atoms with Crippen LogP contribution in [0.15, 0.2) is 66.0 Å². The van der Waals surface area contributed by atoms with Crippen LogP contribution in [0, 0.1) is 23.7 Å². The van der Waals surface area contributed by atoms with E-state index >= 15 is 0 Å². The molecule has 2 saturated carbocycles. The predicted octanol–water partition coefficient (Wildman–Crippen LogP) is 6.94. The summed E-state index contributed by atoms with van der Waals surface area (Å²) in [5, 5.41) is 2.65. The first-order valence-corrected chi connectivity index (χ1v) is 16.4. The molecule has 0 N–H and O–H groups in total. The zero-order valence-electron chi connectivity index (χ0n) is 21.7. The van der Waals surface area contributed by atoms with Gasteiger partial charge in [-0.15, -0.1) is 11.3 Å². The maximum Gasteiger partial charge on any atom is 0.339 e. The summed E-state index contributed by atoms with van der Waals surface area (Å²) in [4.78, 5) is 59.4. The Hall–Kier alpha value is -2.92. The third-order valence-electron chi connectivity index (χ3n) is 8.55. The van der Waals surface area contributed by atoms with Crippen LogP contribution in [0.1, 0.15) is 26.5 Å². The SMILES string of the molecule is O=C(COC(=O)c1cc(-c2ccc(N3C(=O)C4C5CC(C(Br)C5Br)C4C3=O)cc2)nc2c(Cl)cccc12)c1cccs1. The van der Waals surface area contributed by atoms with Crippen molar-refractivity contribution in [3.05, 3.63) is 81.5 Å². The quantitative estimate of drug-likeness (QED) is 0.0925. The molecule has 42 heavy (non-hydrogen) atoms. The number of alkyl halides is 2. The molecule has 6 atom stereocenters. The number of hydrogen-bond donors (Lipinski definition) is 0. The molecule has 6 unspecified atom stereocenters. The van der Waals surface area contributed by atoms with Crippen molar-refractivity contribution in [2.75, 3.05) is 11.5 Å². The number of carbonyl (C=O) groups excluding carboxylic acids is 4. The molecular weight excluding hydrogens is 708 g/mol. The Morgan fingerprint density at radius 1 is 0.976 bits per heavy atom. The van der Waals surface area contributed by atoms with Crippen LogP contribution in [0.4, 0.5) is 5.69 Å². The molecule has 212 valence electrons. The van der Waals surface area contributed by atoms with Crippen molar-refractivity contribution >= 4 is 95.0 Å². The van der Waals surface area contributed by atoms with Crippen molar-refractivity contribution in [3.8, 4) is 11.3 Å². The minimum Gasteiger partial charge on any atom is -0.454 e. The fourth-order valence-electron chi connectivity index (χ4n) is 6.63. The van der Waals surface area contributed by atoms with E-state index in [4.69, 9.17) is 21.3 Å². The zero-order chi connectivity index (χ0) is 29.3. The Kier molecular flexibility index (Phi) is 7.08. The number of fused-ring (bicyclic) bond motifs is 6. The number of halogens is 3. The standard InChI is InChI=1S/C31H21Br2ClN2O5S/c32-26-18-11-19(27(26)33)25-24(18)29(38)36(30(25)39)15-8-6-14(7-9-15)21-12-17(16-3-1-4-20(34)28(16)35-21)31(40)41-13-22(37)23-5-2-10-42-23/h1-10,12,18-19,24-27H,11,13H2. The highest BCUT2D eigenvalue weighted by atomic mass is 79.9. The smallest absolute Gasteiger partial charge is 0.339 e. The number of esters is 1. The number of rotatable bonds is 6. The van der Waals surface area contributed by atoms with Gasteiger partial charge in [0, 0.05) is 20.6 Å². The maximum absolute atomic E-state index is 13.5. The molecule has 1 aliphatic heterocycles.